The monoisotopic (exact) mass is 324 g/mol. The van der Waals surface area contributed by atoms with Crippen LogP contribution in [0.5, 0.6) is 0 Å². The largest absolute Gasteiger partial charge is 0.389 e. The molecule has 0 saturated heterocycles. The predicted octanol–water partition coefficient (Wildman–Crippen LogP) is 3.53. The van der Waals surface area contributed by atoms with E-state index in [1.165, 1.54) is 11.3 Å². The van der Waals surface area contributed by atoms with Gasteiger partial charge in [-0.25, -0.2) is 0 Å². The molecule has 3 N–H and O–H groups in total. The molecule has 1 aromatic carbocycles. The molecule has 1 amide bonds. The van der Waals surface area contributed by atoms with Crippen LogP contribution < -0.4 is 11.1 Å². The van der Waals surface area contributed by atoms with E-state index in [-0.39, 0.29) is 16.9 Å². The first-order valence-corrected chi connectivity index (χ1v) is 7.53. The number of thiophene rings is 1. The minimum Gasteiger partial charge on any atom is -0.389 e. The molecule has 1 unspecified atom stereocenters. The van der Waals surface area contributed by atoms with Gasteiger partial charge in [0, 0.05) is 16.0 Å². The van der Waals surface area contributed by atoms with Gasteiger partial charge in [-0.3, -0.25) is 4.79 Å². The SMILES string of the molecule is CC(NC(=O)c1cccc(C(N)=S)c1)c1ccc(Cl)s1. The maximum atomic E-state index is 12.2. The van der Waals surface area contributed by atoms with Gasteiger partial charge in [-0.05, 0) is 31.2 Å². The fourth-order valence-electron chi connectivity index (χ4n) is 1.73. The fraction of sp³-hybridized carbons (Fsp3) is 0.143. The third-order valence-corrected chi connectivity index (χ3v) is 4.43. The summed E-state index contributed by atoms with van der Waals surface area (Å²) < 4.78 is 0.705. The molecule has 0 bridgehead atoms. The quantitative estimate of drug-likeness (QED) is 0.846. The average Bonchev–Trinajstić information content (AvgIpc) is 2.85. The van der Waals surface area contributed by atoms with Crippen LogP contribution in [0.15, 0.2) is 36.4 Å². The van der Waals surface area contributed by atoms with E-state index >= 15 is 0 Å². The van der Waals surface area contributed by atoms with E-state index in [1.807, 2.05) is 19.1 Å². The molecule has 104 valence electrons. The van der Waals surface area contributed by atoms with Gasteiger partial charge in [0.1, 0.15) is 4.99 Å². The van der Waals surface area contributed by atoms with Gasteiger partial charge in [0.2, 0.25) is 0 Å². The van der Waals surface area contributed by atoms with E-state index in [4.69, 9.17) is 29.6 Å². The van der Waals surface area contributed by atoms with E-state index in [2.05, 4.69) is 5.32 Å². The zero-order valence-corrected chi connectivity index (χ0v) is 13.1. The number of carbonyl (C=O) groups is 1. The molecule has 2 aromatic rings. The summed E-state index contributed by atoms with van der Waals surface area (Å²) in [7, 11) is 0. The van der Waals surface area contributed by atoms with Gasteiger partial charge >= 0.3 is 0 Å². The minimum absolute atomic E-state index is 0.103. The van der Waals surface area contributed by atoms with E-state index < -0.39 is 0 Å². The molecule has 1 heterocycles. The van der Waals surface area contributed by atoms with Gasteiger partial charge in [0.25, 0.3) is 5.91 Å². The Balaban J connectivity index is 2.12. The summed E-state index contributed by atoms with van der Waals surface area (Å²) in [5.74, 6) is -0.167. The van der Waals surface area contributed by atoms with Crippen LogP contribution >= 0.6 is 35.2 Å². The third kappa shape index (κ3) is 3.56. The highest BCUT2D eigenvalue weighted by atomic mass is 35.5. The van der Waals surface area contributed by atoms with Crippen LogP contribution in [0.1, 0.15) is 33.8 Å². The lowest BCUT2D eigenvalue weighted by molar-refractivity contribution is 0.0940. The molecule has 0 aliphatic carbocycles. The summed E-state index contributed by atoms with van der Waals surface area (Å²) in [4.78, 5) is 13.5. The standard InChI is InChI=1S/C14H13ClN2OS2/c1-8(11-5-6-12(15)20-11)17-14(18)10-4-2-3-9(7-10)13(16)19/h2-8H,1H3,(H2,16,19)(H,17,18). The van der Waals surface area contributed by atoms with E-state index in [0.717, 1.165) is 4.88 Å². The molecule has 3 nitrogen and oxygen atoms in total. The summed E-state index contributed by atoms with van der Waals surface area (Å²) >= 11 is 12.3. The highest BCUT2D eigenvalue weighted by Crippen LogP contribution is 2.26. The van der Waals surface area contributed by atoms with Gasteiger partial charge in [0.05, 0.1) is 10.4 Å². The molecule has 2 rings (SSSR count). The van der Waals surface area contributed by atoms with Crippen molar-refractivity contribution in [3.63, 3.8) is 0 Å². The molecule has 6 heteroatoms. The van der Waals surface area contributed by atoms with Crippen LogP contribution in [-0.2, 0) is 0 Å². The molecule has 1 atom stereocenters. The Morgan fingerprint density at radius 1 is 1.35 bits per heavy atom. The third-order valence-electron chi connectivity index (χ3n) is 2.78. The maximum Gasteiger partial charge on any atom is 0.251 e. The van der Waals surface area contributed by atoms with Crippen LogP contribution in [0.2, 0.25) is 4.34 Å². The summed E-state index contributed by atoms with van der Waals surface area (Å²) in [6, 6.07) is 10.6. The molecule has 0 aliphatic heterocycles. The van der Waals surface area contributed by atoms with Crippen molar-refractivity contribution in [1.82, 2.24) is 5.32 Å². The normalized spacial score (nSPS) is 11.9. The van der Waals surface area contributed by atoms with E-state index in [1.54, 1.807) is 24.3 Å². The smallest absolute Gasteiger partial charge is 0.251 e. The van der Waals surface area contributed by atoms with Crippen LogP contribution in [0.25, 0.3) is 0 Å². The molecule has 1 aromatic heterocycles. The molecule has 0 aliphatic rings. The van der Waals surface area contributed by atoms with Crippen molar-refractivity contribution < 1.29 is 4.79 Å². The van der Waals surface area contributed by atoms with Gasteiger partial charge in [-0.2, -0.15) is 0 Å². The summed E-state index contributed by atoms with van der Waals surface area (Å²) in [6.07, 6.45) is 0. The van der Waals surface area contributed by atoms with Crippen molar-refractivity contribution in [2.24, 2.45) is 5.73 Å². The molecule has 20 heavy (non-hydrogen) atoms. The number of benzene rings is 1. The second kappa shape index (κ2) is 6.35. The summed E-state index contributed by atoms with van der Waals surface area (Å²) in [5, 5.41) is 2.92. The van der Waals surface area contributed by atoms with Crippen LogP contribution in [0.3, 0.4) is 0 Å². The topological polar surface area (TPSA) is 55.1 Å². The molecule has 0 radical (unpaired) electrons. The second-order valence-electron chi connectivity index (χ2n) is 4.28. The first kappa shape index (κ1) is 15.0. The highest BCUT2D eigenvalue weighted by molar-refractivity contribution is 7.80. The van der Waals surface area contributed by atoms with Crippen molar-refractivity contribution in [3.8, 4) is 0 Å². The van der Waals surface area contributed by atoms with E-state index in [0.29, 0.717) is 15.5 Å². The number of carbonyl (C=O) groups excluding carboxylic acids is 1. The number of rotatable bonds is 4. The average molecular weight is 325 g/mol. The van der Waals surface area contributed by atoms with Crippen LogP contribution in [0.4, 0.5) is 0 Å². The fourth-order valence-corrected chi connectivity index (χ4v) is 2.92. The number of nitrogens with one attached hydrogen (secondary N) is 1. The Hall–Kier alpha value is -1.43. The first-order valence-electron chi connectivity index (χ1n) is 5.93. The molecule has 0 saturated carbocycles. The molecule has 0 fully saturated rings. The van der Waals surface area contributed by atoms with Crippen LogP contribution in [0, 0.1) is 0 Å². The predicted molar refractivity (Wildman–Crippen MR) is 87.5 cm³/mol. The Morgan fingerprint density at radius 3 is 2.65 bits per heavy atom. The Bertz CT molecular complexity index is 654. The van der Waals surface area contributed by atoms with Crippen molar-refractivity contribution >= 4 is 46.1 Å². The van der Waals surface area contributed by atoms with Gasteiger partial charge in [-0.1, -0.05) is 36.0 Å². The molecular formula is C14H13ClN2OS2. The van der Waals surface area contributed by atoms with Crippen molar-refractivity contribution in [2.75, 3.05) is 0 Å². The number of hydrogen-bond donors (Lipinski definition) is 2. The summed E-state index contributed by atoms with van der Waals surface area (Å²) in [6.45, 7) is 1.91. The minimum atomic E-state index is -0.167. The lowest BCUT2D eigenvalue weighted by Crippen LogP contribution is -2.26. The number of nitrogens with two attached hydrogens (primary N) is 1. The zero-order valence-electron chi connectivity index (χ0n) is 10.7. The van der Waals surface area contributed by atoms with Crippen molar-refractivity contribution in [1.29, 1.82) is 0 Å². The van der Waals surface area contributed by atoms with Crippen molar-refractivity contribution in [2.45, 2.75) is 13.0 Å². The van der Waals surface area contributed by atoms with Gasteiger partial charge < -0.3 is 11.1 Å². The second-order valence-corrected chi connectivity index (χ2v) is 6.47. The lowest BCUT2D eigenvalue weighted by atomic mass is 10.1. The lowest BCUT2D eigenvalue weighted by Gasteiger charge is -2.12. The maximum absolute atomic E-state index is 12.2. The number of thiocarbonyl (C=S) groups is 1. The number of hydrogen-bond acceptors (Lipinski definition) is 3. The molecule has 0 spiro atoms. The Kier molecular flexibility index (Phi) is 4.75. The van der Waals surface area contributed by atoms with Crippen LogP contribution in [-0.4, -0.2) is 10.9 Å². The zero-order chi connectivity index (χ0) is 14.7. The first-order chi connectivity index (χ1) is 9.47. The summed E-state index contributed by atoms with van der Waals surface area (Å²) in [5.41, 5.74) is 6.78. The Morgan fingerprint density at radius 2 is 2.05 bits per heavy atom. The Labute approximate surface area is 131 Å². The van der Waals surface area contributed by atoms with Gasteiger partial charge in [0.15, 0.2) is 0 Å². The number of amides is 1. The highest BCUT2D eigenvalue weighted by Gasteiger charge is 2.13. The molecular weight excluding hydrogens is 312 g/mol. The van der Waals surface area contributed by atoms with E-state index in [9.17, 15) is 4.79 Å². The van der Waals surface area contributed by atoms with Crippen molar-refractivity contribution in [3.05, 3.63) is 56.7 Å². The van der Waals surface area contributed by atoms with Gasteiger partial charge in [-0.15, -0.1) is 11.3 Å². The number of halogens is 1.